The first-order chi connectivity index (χ1) is 4.81. The summed E-state index contributed by atoms with van der Waals surface area (Å²) in [5, 5.41) is 8.30. The van der Waals surface area contributed by atoms with Crippen LogP contribution < -0.4 is 0 Å². The van der Waals surface area contributed by atoms with Gasteiger partial charge in [-0.2, -0.15) is 17.0 Å². The second kappa shape index (κ2) is 6.91. The maximum atomic E-state index is 8.30. The van der Waals surface area contributed by atoms with E-state index in [0.29, 0.717) is 6.54 Å². The highest BCUT2D eigenvalue weighted by Gasteiger charge is 1.94. The Kier molecular flexibility index (Phi) is 6.78. The fraction of sp³-hybridized carbons (Fsp3) is 0.857. The summed E-state index contributed by atoms with van der Waals surface area (Å²) in [4.78, 5) is 2.04. The average Bonchev–Trinajstić information content (AvgIpc) is 1.89. The number of thioether (sulfide) groups is 1. The molecular weight excluding hydrogens is 144 g/mol. The molecule has 3 heteroatoms. The van der Waals surface area contributed by atoms with Gasteiger partial charge in [-0.25, -0.2) is 0 Å². The van der Waals surface area contributed by atoms with Gasteiger partial charge in [0, 0.05) is 0 Å². The third kappa shape index (κ3) is 5.93. The molecule has 0 saturated carbocycles. The van der Waals surface area contributed by atoms with Crippen molar-refractivity contribution in [2.75, 3.05) is 32.1 Å². The molecule has 0 unspecified atom stereocenters. The van der Waals surface area contributed by atoms with Gasteiger partial charge >= 0.3 is 0 Å². The van der Waals surface area contributed by atoms with Crippen LogP contribution in [-0.4, -0.2) is 37.0 Å². The quantitative estimate of drug-likeness (QED) is 0.444. The van der Waals surface area contributed by atoms with Crippen LogP contribution in [0.25, 0.3) is 0 Å². The minimum absolute atomic E-state index is 0.550. The van der Waals surface area contributed by atoms with E-state index in [1.165, 1.54) is 12.2 Å². The van der Waals surface area contributed by atoms with E-state index in [-0.39, 0.29) is 0 Å². The van der Waals surface area contributed by atoms with Gasteiger partial charge in [-0.05, 0) is 32.0 Å². The molecule has 0 aliphatic rings. The van der Waals surface area contributed by atoms with Crippen molar-refractivity contribution in [3.63, 3.8) is 0 Å². The summed E-state index contributed by atoms with van der Waals surface area (Å²) in [6.45, 7) is 1.59. The zero-order chi connectivity index (χ0) is 7.82. The van der Waals surface area contributed by atoms with Gasteiger partial charge in [0.25, 0.3) is 0 Å². The Balaban J connectivity index is 3.06. The Morgan fingerprint density at radius 2 is 2.30 bits per heavy atom. The summed E-state index contributed by atoms with van der Waals surface area (Å²) >= 11 is 1.85. The van der Waals surface area contributed by atoms with E-state index in [4.69, 9.17) is 5.26 Å². The fourth-order valence-electron chi connectivity index (χ4n) is 0.679. The predicted molar refractivity (Wildman–Crippen MR) is 46.1 cm³/mol. The Hall–Kier alpha value is -0.200. The molecule has 0 aliphatic carbocycles. The Bertz CT molecular complexity index is 109. The highest BCUT2D eigenvalue weighted by Crippen LogP contribution is 1.96. The number of nitriles is 1. The summed E-state index contributed by atoms with van der Waals surface area (Å²) in [6, 6.07) is 2.11. The van der Waals surface area contributed by atoms with Gasteiger partial charge in [0.2, 0.25) is 0 Å². The highest BCUT2D eigenvalue weighted by atomic mass is 32.2. The van der Waals surface area contributed by atoms with Gasteiger partial charge < -0.3 is 0 Å². The van der Waals surface area contributed by atoms with Gasteiger partial charge in [-0.1, -0.05) is 0 Å². The molecule has 0 aromatic heterocycles. The van der Waals surface area contributed by atoms with Gasteiger partial charge in [0.15, 0.2) is 0 Å². The number of rotatable bonds is 5. The normalized spacial score (nSPS) is 9.80. The number of hydrogen-bond donors (Lipinski definition) is 0. The van der Waals surface area contributed by atoms with Crippen LogP contribution in [0.1, 0.15) is 6.42 Å². The van der Waals surface area contributed by atoms with Gasteiger partial charge in [0.05, 0.1) is 12.6 Å². The molecule has 10 heavy (non-hydrogen) atoms. The van der Waals surface area contributed by atoms with Crippen molar-refractivity contribution in [2.24, 2.45) is 0 Å². The van der Waals surface area contributed by atoms with Crippen molar-refractivity contribution in [3.8, 4) is 6.07 Å². The molecule has 0 aromatic rings. The smallest absolute Gasteiger partial charge is 0.0863 e. The van der Waals surface area contributed by atoms with Crippen LogP contribution in [0, 0.1) is 11.3 Å². The molecule has 0 spiro atoms. The lowest BCUT2D eigenvalue weighted by Gasteiger charge is -2.10. The molecule has 0 amide bonds. The molecule has 0 aliphatic heterocycles. The summed E-state index contributed by atoms with van der Waals surface area (Å²) < 4.78 is 0. The van der Waals surface area contributed by atoms with Crippen molar-refractivity contribution >= 4 is 11.8 Å². The molecule has 0 bridgehead atoms. The largest absolute Gasteiger partial charge is 0.294 e. The molecular formula is C7H14N2S. The zero-order valence-corrected chi connectivity index (χ0v) is 7.45. The van der Waals surface area contributed by atoms with Crippen LogP contribution in [0.2, 0.25) is 0 Å². The van der Waals surface area contributed by atoms with Gasteiger partial charge in [0.1, 0.15) is 0 Å². The molecule has 0 radical (unpaired) electrons. The number of nitrogens with zero attached hydrogens (tertiary/aromatic N) is 2. The first-order valence-corrected chi connectivity index (χ1v) is 4.75. The van der Waals surface area contributed by atoms with Crippen LogP contribution in [0.5, 0.6) is 0 Å². The third-order valence-corrected chi connectivity index (χ3v) is 1.93. The average molecular weight is 158 g/mol. The Morgan fingerprint density at radius 1 is 1.60 bits per heavy atom. The standard InChI is InChI=1S/C7H14N2S/c1-9(6-4-8)5-3-7-10-2/h3,5-7H2,1-2H3. The van der Waals surface area contributed by atoms with E-state index in [1.807, 2.05) is 23.7 Å². The maximum Gasteiger partial charge on any atom is 0.0863 e. The van der Waals surface area contributed by atoms with E-state index in [2.05, 4.69) is 12.3 Å². The second-order valence-corrected chi connectivity index (χ2v) is 3.23. The third-order valence-electron chi connectivity index (χ3n) is 1.23. The van der Waals surface area contributed by atoms with E-state index in [9.17, 15) is 0 Å². The monoisotopic (exact) mass is 158 g/mol. The van der Waals surface area contributed by atoms with Crippen molar-refractivity contribution in [1.29, 1.82) is 5.26 Å². The van der Waals surface area contributed by atoms with Crippen molar-refractivity contribution < 1.29 is 0 Å². The van der Waals surface area contributed by atoms with E-state index in [0.717, 1.165) is 6.54 Å². The number of hydrogen-bond acceptors (Lipinski definition) is 3. The fourth-order valence-corrected chi connectivity index (χ4v) is 1.10. The van der Waals surface area contributed by atoms with Crippen molar-refractivity contribution in [3.05, 3.63) is 0 Å². The summed E-state index contributed by atoms with van der Waals surface area (Å²) in [6.07, 6.45) is 3.28. The molecule has 0 fully saturated rings. The van der Waals surface area contributed by atoms with Crippen LogP contribution in [0.15, 0.2) is 0 Å². The van der Waals surface area contributed by atoms with E-state index >= 15 is 0 Å². The summed E-state index contributed by atoms with van der Waals surface area (Å²) in [5.41, 5.74) is 0. The van der Waals surface area contributed by atoms with E-state index < -0.39 is 0 Å². The first kappa shape index (κ1) is 9.80. The lowest BCUT2D eigenvalue weighted by molar-refractivity contribution is 0.376. The first-order valence-electron chi connectivity index (χ1n) is 3.35. The van der Waals surface area contributed by atoms with Crippen LogP contribution in [0.3, 0.4) is 0 Å². The minimum atomic E-state index is 0.550. The molecule has 0 atom stereocenters. The molecule has 0 heterocycles. The van der Waals surface area contributed by atoms with Gasteiger partial charge in [-0.3, -0.25) is 4.90 Å². The lowest BCUT2D eigenvalue weighted by atomic mass is 10.4. The van der Waals surface area contributed by atoms with Gasteiger partial charge in [-0.15, -0.1) is 0 Å². The molecule has 58 valence electrons. The lowest BCUT2D eigenvalue weighted by Crippen LogP contribution is -2.20. The Morgan fingerprint density at radius 3 is 2.80 bits per heavy atom. The Labute approximate surface area is 67.2 Å². The summed E-state index contributed by atoms with van der Waals surface area (Å²) in [7, 11) is 1.98. The molecule has 0 N–H and O–H groups in total. The molecule has 0 aromatic carbocycles. The maximum absolute atomic E-state index is 8.30. The zero-order valence-electron chi connectivity index (χ0n) is 6.63. The molecule has 0 rings (SSSR count). The SMILES string of the molecule is CSCCCN(C)CC#N. The minimum Gasteiger partial charge on any atom is -0.294 e. The highest BCUT2D eigenvalue weighted by molar-refractivity contribution is 7.98. The molecule has 0 saturated heterocycles. The predicted octanol–water partition coefficient (Wildman–Crippen LogP) is 1.19. The second-order valence-electron chi connectivity index (χ2n) is 2.24. The van der Waals surface area contributed by atoms with Crippen molar-refractivity contribution in [1.82, 2.24) is 4.90 Å². The van der Waals surface area contributed by atoms with Crippen LogP contribution in [-0.2, 0) is 0 Å². The van der Waals surface area contributed by atoms with E-state index in [1.54, 1.807) is 0 Å². The van der Waals surface area contributed by atoms with Crippen molar-refractivity contribution in [2.45, 2.75) is 6.42 Å². The molecule has 2 nitrogen and oxygen atoms in total. The summed E-state index contributed by atoms with van der Waals surface area (Å²) in [5.74, 6) is 1.19. The topological polar surface area (TPSA) is 27.0 Å². The van der Waals surface area contributed by atoms with Crippen LogP contribution in [0.4, 0.5) is 0 Å². The van der Waals surface area contributed by atoms with Crippen LogP contribution >= 0.6 is 11.8 Å².